The van der Waals surface area contributed by atoms with Crippen molar-refractivity contribution in [3.63, 3.8) is 0 Å². The predicted molar refractivity (Wildman–Crippen MR) is 97.4 cm³/mol. The number of likely N-dealkylation sites (N-methyl/N-ethyl adjacent to an activating group) is 1. The Balaban J connectivity index is 3.04. The first-order chi connectivity index (χ1) is 11.9. The molecule has 0 radical (unpaired) electrons. The number of aromatic nitrogens is 1. The van der Waals surface area contributed by atoms with E-state index in [4.69, 9.17) is 11.6 Å². The number of hydrogen-bond donors (Lipinski definition) is 1. The fourth-order valence-corrected chi connectivity index (χ4v) is 2.44. The molecule has 0 bridgehead atoms. The van der Waals surface area contributed by atoms with Gasteiger partial charge in [-0.05, 0) is 44.2 Å². The molecular formula is C18H23ClFN3O2. The summed E-state index contributed by atoms with van der Waals surface area (Å²) in [6.45, 7) is 3.75. The summed E-state index contributed by atoms with van der Waals surface area (Å²) in [7, 11) is 1.87. The molecule has 25 heavy (non-hydrogen) atoms. The molecule has 0 saturated carbocycles. The van der Waals surface area contributed by atoms with Crippen molar-refractivity contribution in [3.8, 4) is 0 Å². The van der Waals surface area contributed by atoms with E-state index in [1.807, 2.05) is 18.9 Å². The largest absolute Gasteiger partial charge is 0.388 e. The highest BCUT2D eigenvalue weighted by atomic mass is 35.5. The van der Waals surface area contributed by atoms with Crippen molar-refractivity contribution in [2.45, 2.75) is 26.4 Å². The first-order valence-electron chi connectivity index (χ1n) is 7.86. The van der Waals surface area contributed by atoms with E-state index in [1.165, 1.54) is 6.20 Å². The molecule has 1 aromatic heterocycles. The fourth-order valence-electron chi connectivity index (χ4n) is 2.21. The van der Waals surface area contributed by atoms with Gasteiger partial charge in [0.1, 0.15) is 18.1 Å². The zero-order valence-corrected chi connectivity index (χ0v) is 15.4. The Morgan fingerprint density at radius 3 is 2.80 bits per heavy atom. The normalized spacial score (nSPS) is 13.7. The smallest absolute Gasteiger partial charge is 0.150 e. The van der Waals surface area contributed by atoms with Crippen molar-refractivity contribution < 1.29 is 14.0 Å². The van der Waals surface area contributed by atoms with Crippen LogP contribution in [0.4, 0.5) is 4.39 Å². The summed E-state index contributed by atoms with van der Waals surface area (Å²) >= 11 is 6.12. The maximum Gasteiger partial charge on any atom is 0.150 e. The minimum absolute atomic E-state index is 0.113. The maximum absolute atomic E-state index is 12.3. The Labute approximate surface area is 152 Å². The monoisotopic (exact) mass is 367 g/mol. The Morgan fingerprint density at radius 2 is 2.20 bits per heavy atom. The van der Waals surface area contributed by atoms with Crippen molar-refractivity contribution in [3.05, 3.63) is 52.0 Å². The quantitative estimate of drug-likeness (QED) is 0.226. The summed E-state index contributed by atoms with van der Waals surface area (Å²) < 4.78 is 12.3. The Bertz CT molecular complexity index is 662. The number of carbonyl (C=O) groups excluding carboxylic acids is 2. The number of aldehydes is 2. The molecule has 0 fully saturated rings. The number of carbonyl (C=O) groups is 2. The lowest BCUT2D eigenvalue weighted by atomic mass is 10.0. The van der Waals surface area contributed by atoms with Gasteiger partial charge in [0.25, 0.3) is 0 Å². The average molecular weight is 368 g/mol. The fraction of sp³-hybridized carbons (Fsp3) is 0.389. The number of alkyl halides is 1. The molecule has 7 heteroatoms. The van der Waals surface area contributed by atoms with Gasteiger partial charge in [-0.15, -0.1) is 0 Å². The highest BCUT2D eigenvalue weighted by Crippen LogP contribution is 2.21. The molecule has 1 aromatic rings. The van der Waals surface area contributed by atoms with E-state index >= 15 is 0 Å². The van der Waals surface area contributed by atoms with Gasteiger partial charge in [0, 0.05) is 42.7 Å². The van der Waals surface area contributed by atoms with E-state index in [2.05, 4.69) is 10.3 Å². The van der Waals surface area contributed by atoms with Gasteiger partial charge in [-0.25, -0.2) is 9.37 Å². The van der Waals surface area contributed by atoms with Gasteiger partial charge in [-0.3, -0.25) is 14.5 Å². The van der Waals surface area contributed by atoms with Crippen LogP contribution in [0.3, 0.4) is 0 Å². The number of nitrogens with one attached hydrogen (secondary N) is 1. The van der Waals surface area contributed by atoms with Crippen LogP contribution >= 0.6 is 11.6 Å². The SMILES string of the molecule is CC(C=O)=CC(=CNCCF)C(C)N(C)Cc1c(C=O)ccnc1Cl. The molecule has 5 nitrogen and oxygen atoms in total. The lowest BCUT2D eigenvalue weighted by molar-refractivity contribution is -0.104. The van der Waals surface area contributed by atoms with Crippen LogP contribution in [0.25, 0.3) is 0 Å². The van der Waals surface area contributed by atoms with Gasteiger partial charge < -0.3 is 5.32 Å². The van der Waals surface area contributed by atoms with Crippen molar-refractivity contribution >= 4 is 24.2 Å². The molecule has 1 rings (SSSR count). The highest BCUT2D eigenvalue weighted by molar-refractivity contribution is 6.30. The molecule has 1 unspecified atom stereocenters. The lowest BCUT2D eigenvalue weighted by Crippen LogP contribution is -2.31. The lowest BCUT2D eigenvalue weighted by Gasteiger charge is -2.27. The summed E-state index contributed by atoms with van der Waals surface area (Å²) in [4.78, 5) is 28.1. The van der Waals surface area contributed by atoms with E-state index in [9.17, 15) is 14.0 Å². The first kappa shape index (κ1) is 21.0. The first-order valence-corrected chi connectivity index (χ1v) is 8.24. The Kier molecular flexibility index (Phi) is 9.02. The van der Waals surface area contributed by atoms with Gasteiger partial charge in [0.05, 0.1) is 0 Å². The van der Waals surface area contributed by atoms with Gasteiger partial charge in [-0.2, -0.15) is 0 Å². The third-order valence-corrected chi connectivity index (χ3v) is 4.13. The summed E-state index contributed by atoms with van der Waals surface area (Å²) in [5.41, 5.74) is 2.50. The van der Waals surface area contributed by atoms with Gasteiger partial charge in [0.2, 0.25) is 0 Å². The molecule has 1 atom stereocenters. The van der Waals surface area contributed by atoms with Crippen molar-refractivity contribution in [2.75, 3.05) is 20.3 Å². The van der Waals surface area contributed by atoms with Gasteiger partial charge >= 0.3 is 0 Å². The second-order valence-electron chi connectivity index (χ2n) is 5.67. The zero-order chi connectivity index (χ0) is 18.8. The van der Waals surface area contributed by atoms with Crippen molar-refractivity contribution in [2.24, 2.45) is 0 Å². The van der Waals surface area contributed by atoms with Crippen LogP contribution in [0, 0.1) is 0 Å². The van der Waals surface area contributed by atoms with Crippen LogP contribution in [0.1, 0.15) is 29.8 Å². The molecular weight excluding hydrogens is 345 g/mol. The van der Waals surface area contributed by atoms with Crippen LogP contribution in [0.2, 0.25) is 5.15 Å². The number of halogens is 2. The molecule has 0 saturated heterocycles. The van der Waals surface area contributed by atoms with Crippen molar-refractivity contribution in [1.29, 1.82) is 0 Å². The van der Waals surface area contributed by atoms with Crippen LogP contribution in [-0.2, 0) is 11.3 Å². The molecule has 1 N–H and O–H groups in total. The Morgan fingerprint density at radius 1 is 1.48 bits per heavy atom. The summed E-state index contributed by atoms with van der Waals surface area (Å²) in [6, 6.07) is 1.50. The molecule has 0 amide bonds. The number of rotatable bonds is 10. The molecule has 0 spiro atoms. The minimum atomic E-state index is -0.488. The zero-order valence-electron chi connectivity index (χ0n) is 14.6. The van der Waals surface area contributed by atoms with Crippen molar-refractivity contribution in [1.82, 2.24) is 15.2 Å². The summed E-state index contributed by atoms with van der Waals surface area (Å²) in [6.07, 6.45) is 6.43. The predicted octanol–water partition coefficient (Wildman–Crippen LogP) is 2.96. The third-order valence-electron chi connectivity index (χ3n) is 3.81. The van der Waals surface area contributed by atoms with Crippen LogP contribution in [0.15, 0.2) is 35.7 Å². The van der Waals surface area contributed by atoms with E-state index in [0.717, 1.165) is 18.1 Å². The Hall–Kier alpha value is -2.05. The molecule has 0 aliphatic carbocycles. The van der Waals surface area contributed by atoms with Crippen LogP contribution < -0.4 is 5.32 Å². The molecule has 0 aliphatic heterocycles. The summed E-state index contributed by atoms with van der Waals surface area (Å²) in [5.74, 6) is 0. The van der Waals surface area contributed by atoms with E-state index in [-0.39, 0.29) is 17.7 Å². The molecule has 0 aromatic carbocycles. The average Bonchev–Trinajstić information content (AvgIpc) is 2.61. The number of allylic oxidation sites excluding steroid dienone is 1. The molecule has 136 valence electrons. The van der Waals surface area contributed by atoms with Crippen LogP contribution in [-0.4, -0.2) is 48.8 Å². The topological polar surface area (TPSA) is 62.3 Å². The van der Waals surface area contributed by atoms with Gasteiger partial charge in [0.15, 0.2) is 6.29 Å². The number of nitrogens with zero attached hydrogens (tertiary/aromatic N) is 2. The second kappa shape index (κ2) is 10.7. The minimum Gasteiger partial charge on any atom is -0.388 e. The number of hydrogen-bond acceptors (Lipinski definition) is 5. The standard InChI is InChI=1S/C18H23ClFN3O2/c1-13(11-24)8-16(9-21-7-5-20)14(2)23(3)10-17-15(12-25)4-6-22-18(17)19/h4,6,8-9,11-12,14,21H,5,7,10H2,1-3H3. The number of pyridine rings is 1. The van der Waals surface area contributed by atoms with E-state index in [1.54, 1.807) is 25.3 Å². The van der Waals surface area contributed by atoms with E-state index < -0.39 is 6.67 Å². The molecule has 1 heterocycles. The van der Waals surface area contributed by atoms with Gasteiger partial charge in [-0.1, -0.05) is 11.6 Å². The third kappa shape index (κ3) is 6.40. The summed E-state index contributed by atoms with van der Waals surface area (Å²) in [5, 5.41) is 3.16. The maximum atomic E-state index is 12.3. The second-order valence-corrected chi connectivity index (χ2v) is 6.03. The van der Waals surface area contributed by atoms with E-state index in [0.29, 0.717) is 23.2 Å². The molecule has 0 aliphatic rings. The highest BCUT2D eigenvalue weighted by Gasteiger charge is 2.17. The van der Waals surface area contributed by atoms with Crippen LogP contribution in [0.5, 0.6) is 0 Å².